The van der Waals surface area contributed by atoms with E-state index in [0.717, 1.165) is 23.9 Å². The number of nitrogens with one attached hydrogen (secondary N) is 1. The highest BCUT2D eigenvalue weighted by Gasteiger charge is 2.06. The van der Waals surface area contributed by atoms with Crippen molar-refractivity contribution < 1.29 is 0 Å². The number of aryl methyl sites for hydroxylation is 2. The van der Waals surface area contributed by atoms with Gasteiger partial charge in [-0.15, -0.1) is 0 Å². The minimum atomic E-state index is 0.334. The first kappa shape index (κ1) is 13.5. The van der Waals surface area contributed by atoms with Crippen molar-refractivity contribution >= 4 is 5.82 Å². The number of hydrogen-bond acceptors (Lipinski definition) is 4. The molecule has 1 N–H and O–H groups in total. The van der Waals surface area contributed by atoms with Gasteiger partial charge in [0, 0.05) is 36.6 Å². The number of anilines is 1. The van der Waals surface area contributed by atoms with Crippen LogP contribution in [0.3, 0.4) is 0 Å². The van der Waals surface area contributed by atoms with Crippen LogP contribution in [0.25, 0.3) is 0 Å². The zero-order valence-electron chi connectivity index (χ0n) is 11.9. The summed E-state index contributed by atoms with van der Waals surface area (Å²) < 4.78 is 0. The molecule has 0 atom stereocenters. The lowest BCUT2D eigenvalue weighted by Crippen LogP contribution is -2.07. The highest BCUT2D eigenvalue weighted by molar-refractivity contribution is 5.38. The Kier molecular flexibility index (Phi) is 4.10. The van der Waals surface area contributed by atoms with Gasteiger partial charge in [-0.3, -0.25) is 4.98 Å². The van der Waals surface area contributed by atoms with E-state index in [1.807, 2.05) is 31.5 Å². The predicted molar refractivity (Wildman–Crippen MR) is 77.2 cm³/mol. The molecule has 2 aromatic heterocycles. The summed E-state index contributed by atoms with van der Waals surface area (Å²) in [6.07, 6.45) is 3.70. The Balaban J connectivity index is 2.14. The summed E-state index contributed by atoms with van der Waals surface area (Å²) in [7, 11) is 0. The fourth-order valence-electron chi connectivity index (χ4n) is 1.81. The third-order valence-electron chi connectivity index (χ3n) is 3.00. The largest absolute Gasteiger partial charge is 0.366 e. The van der Waals surface area contributed by atoms with Crippen LogP contribution in [-0.4, -0.2) is 15.0 Å². The number of aromatic nitrogens is 3. The first-order valence-electron chi connectivity index (χ1n) is 6.55. The zero-order valence-corrected chi connectivity index (χ0v) is 11.9. The molecule has 0 unspecified atom stereocenters. The molecule has 0 amide bonds. The maximum atomic E-state index is 4.54. The molecule has 19 heavy (non-hydrogen) atoms. The Labute approximate surface area is 114 Å². The Hall–Kier alpha value is -1.97. The third kappa shape index (κ3) is 3.50. The fraction of sp³-hybridized carbons (Fsp3) is 0.400. The van der Waals surface area contributed by atoms with Crippen molar-refractivity contribution in [2.24, 2.45) is 0 Å². The molecule has 0 saturated carbocycles. The third-order valence-corrected chi connectivity index (χ3v) is 3.00. The highest BCUT2D eigenvalue weighted by atomic mass is 15.0. The molecule has 2 heterocycles. The number of hydrogen-bond donors (Lipinski definition) is 1. The lowest BCUT2D eigenvalue weighted by molar-refractivity contribution is 0.766. The SMILES string of the molecule is Cc1cc(NCc2cnccc2C)nc(C(C)C)n1. The van der Waals surface area contributed by atoms with Crippen LogP contribution in [0.15, 0.2) is 24.5 Å². The van der Waals surface area contributed by atoms with E-state index < -0.39 is 0 Å². The second-order valence-corrected chi connectivity index (χ2v) is 5.06. The van der Waals surface area contributed by atoms with Gasteiger partial charge in [0.1, 0.15) is 11.6 Å². The van der Waals surface area contributed by atoms with Crippen LogP contribution >= 0.6 is 0 Å². The van der Waals surface area contributed by atoms with Crippen LogP contribution < -0.4 is 5.32 Å². The molecule has 0 spiro atoms. The number of rotatable bonds is 4. The molecular weight excluding hydrogens is 236 g/mol. The van der Waals surface area contributed by atoms with Gasteiger partial charge < -0.3 is 5.32 Å². The number of nitrogens with zero attached hydrogens (tertiary/aromatic N) is 3. The summed E-state index contributed by atoms with van der Waals surface area (Å²) in [5.41, 5.74) is 3.41. The van der Waals surface area contributed by atoms with Crippen LogP contribution in [0.2, 0.25) is 0 Å². The van der Waals surface area contributed by atoms with Crippen molar-refractivity contribution in [3.8, 4) is 0 Å². The molecule has 0 saturated heterocycles. The predicted octanol–water partition coefficient (Wildman–Crippen LogP) is 3.22. The lowest BCUT2D eigenvalue weighted by atomic mass is 10.1. The van der Waals surface area contributed by atoms with Gasteiger partial charge >= 0.3 is 0 Å². The van der Waals surface area contributed by atoms with Crippen LogP contribution in [-0.2, 0) is 6.54 Å². The number of pyridine rings is 1. The van der Waals surface area contributed by atoms with Gasteiger partial charge in [0.05, 0.1) is 0 Å². The molecule has 2 rings (SSSR count). The average Bonchev–Trinajstić information content (AvgIpc) is 2.37. The quantitative estimate of drug-likeness (QED) is 0.912. The normalized spacial score (nSPS) is 10.8. The van der Waals surface area contributed by atoms with Gasteiger partial charge in [0.25, 0.3) is 0 Å². The molecule has 0 radical (unpaired) electrons. The van der Waals surface area contributed by atoms with E-state index in [1.54, 1.807) is 0 Å². The van der Waals surface area contributed by atoms with Gasteiger partial charge in [-0.2, -0.15) is 0 Å². The Morgan fingerprint density at radius 3 is 2.68 bits per heavy atom. The molecule has 0 bridgehead atoms. The van der Waals surface area contributed by atoms with Crippen molar-refractivity contribution in [1.82, 2.24) is 15.0 Å². The van der Waals surface area contributed by atoms with Crippen LogP contribution in [0.1, 0.15) is 42.4 Å². The molecule has 0 aliphatic carbocycles. The zero-order chi connectivity index (χ0) is 13.8. The van der Waals surface area contributed by atoms with Crippen LogP contribution in [0.5, 0.6) is 0 Å². The van der Waals surface area contributed by atoms with E-state index in [9.17, 15) is 0 Å². The van der Waals surface area contributed by atoms with Crippen molar-refractivity contribution in [1.29, 1.82) is 0 Å². The van der Waals surface area contributed by atoms with E-state index in [-0.39, 0.29) is 0 Å². The average molecular weight is 256 g/mol. The maximum absolute atomic E-state index is 4.54. The van der Waals surface area contributed by atoms with Crippen molar-refractivity contribution in [3.05, 3.63) is 47.2 Å². The minimum absolute atomic E-state index is 0.334. The first-order chi connectivity index (χ1) is 9.06. The van der Waals surface area contributed by atoms with Crippen molar-refractivity contribution in [2.75, 3.05) is 5.32 Å². The standard InChI is InChI=1S/C15H20N4/c1-10(2)15-18-12(4)7-14(19-15)17-9-13-8-16-6-5-11(13)3/h5-8,10H,9H2,1-4H3,(H,17,18,19). The van der Waals surface area contributed by atoms with Gasteiger partial charge in [0.15, 0.2) is 0 Å². The van der Waals surface area contributed by atoms with Gasteiger partial charge in [-0.05, 0) is 31.0 Å². The van der Waals surface area contributed by atoms with E-state index in [0.29, 0.717) is 5.92 Å². The topological polar surface area (TPSA) is 50.7 Å². The van der Waals surface area contributed by atoms with Crippen LogP contribution in [0.4, 0.5) is 5.82 Å². The summed E-state index contributed by atoms with van der Waals surface area (Å²) in [6.45, 7) is 9.01. The van der Waals surface area contributed by atoms with Crippen molar-refractivity contribution in [2.45, 2.75) is 40.2 Å². The molecule has 0 aliphatic heterocycles. The summed E-state index contributed by atoms with van der Waals surface area (Å²) in [5.74, 6) is 2.09. The van der Waals surface area contributed by atoms with E-state index >= 15 is 0 Å². The van der Waals surface area contributed by atoms with E-state index in [2.05, 4.69) is 41.0 Å². The van der Waals surface area contributed by atoms with Crippen LogP contribution in [0, 0.1) is 13.8 Å². The molecule has 0 fully saturated rings. The minimum Gasteiger partial charge on any atom is -0.366 e. The summed E-state index contributed by atoms with van der Waals surface area (Å²) in [4.78, 5) is 13.1. The molecule has 0 aromatic carbocycles. The smallest absolute Gasteiger partial charge is 0.133 e. The fourth-order valence-corrected chi connectivity index (χ4v) is 1.81. The first-order valence-corrected chi connectivity index (χ1v) is 6.55. The summed E-state index contributed by atoms with van der Waals surface area (Å²) >= 11 is 0. The molecule has 2 aromatic rings. The van der Waals surface area contributed by atoms with Gasteiger partial charge in [-0.1, -0.05) is 13.8 Å². The lowest BCUT2D eigenvalue weighted by Gasteiger charge is -2.11. The molecule has 4 heteroatoms. The van der Waals surface area contributed by atoms with E-state index in [1.165, 1.54) is 11.1 Å². The second-order valence-electron chi connectivity index (χ2n) is 5.06. The molecular formula is C15H20N4. The maximum Gasteiger partial charge on any atom is 0.133 e. The highest BCUT2D eigenvalue weighted by Crippen LogP contribution is 2.15. The Bertz CT molecular complexity index is 564. The van der Waals surface area contributed by atoms with Gasteiger partial charge in [-0.25, -0.2) is 9.97 Å². The molecule has 0 aliphatic rings. The Morgan fingerprint density at radius 1 is 1.21 bits per heavy atom. The monoisotopic (exact) mass is 256 g/mol. The summed E-state index contributed by atoms with van der Waals surface area (Å²) in [5, 5.41) is 3.35. The van der Waals surface area contributed by atoms with Gasteiger partial charge in [0.2, 0.25) is 0 Å². The van der Waals surface area contributed by atoms with Crippen molar-refractivity contribution in [3.63, 3.8) is 0 Å². The molecule has 4 nitrogen and oxygen atoms in total. The Morgan fingerprint density at radius 2 is 2.00 bits per heavy atom. The summed E-state index contributed by atoms with van der Waals surface area (Å²) in [6, 6.07) is 3.99. The molecule has 100 valence electrons. The second kappa shape index (κ2) is 5.78. The van der Waals surface area contributed by atoms with E-state index in [4.69, 9.17) is 0 Å².